The van der Waals surface area contributed by atoms with Crippen LogP contribution in [0.5, 0.6) is 0 Å². The second kappa shape index (κ2) is 9.02. The van der Waals surface area contributed by atoms with Crippen LogP contribution in [-0.2, 0) is 20.7 Å². The molecule has 0 N–H and O–H groups in total. The maximum atomic E-state index is 6.87. The van der Waals surface area contributed by atoms with Crippen molar-refractivity contribution in [1.29, 1.82) is 0 Å². The second-order valence-corrected chi connectivity index (χ2v) is 17.1. The van der Waals surface area contributed by atoms with Gasteiger partial charge in [-0.25, -0.2) is 0 Å². The molecule has 1 heterocycles. The van der Waals surface area contributed by atoms with E-state index in [0.29, 0.717) is 17.9 Å². The summed E-state index contributed by atoms with van der Waals surface area (Å²) in [6.07, 6.45) is 2.50. The molecule has 0 amide bonds. The zero-order valence-electron chi connectivity index (χ0n) is 22.3. The largest absolute Gasteiger partial charge is 0.489 e. The van der Waals surface area contributed by atoms with E-state index >= 15 is 0 Å². The van der Waals surface area contributed by atoms with Crippen LogP contribution in [0.4, 0.5) is 0 Å². The molecule has 0 spiro atoms. The van der Waals surface area contributed by atoms with E-state index < -0.39 is 8.07 Å². The van der Waals surface area contributed by atoms with Crippen molar-refractivity contribution in [3.63, 3.8) is 0 Å². The summed E-state index contributed by atoms with van der Waals surface area (Å²) in [6, 6.07) is 21.3. The molecule has 3 aliphatic carbocycles. The van der Waals surface area contributed by atoms with Crippen LogP contribution < -0.4 is 5.19 Å². The molecule has 5 heteroatoms. The van der Waals surface area contributed by atoms with Crippen LogP contribution in [0.1, 0.15) is 46.1 Å². The summed E-state index contributed by atoms with van der Waals surface area (Å²) in [4.78, 5) is 0. The molecule has 35 heavy (non-hydrogen) atoms. The van der Waals surface area contributed by atoms with Crippen molar-refractivity contribution in [2.24, 2.45) is 17.3 Å². The minimum Gasteiger partial charge on any atom is -0.402 e. The Balaban J connectivity index is 1.41. The van der Waals surface area contributed by atoms with Gasteiger partial charge in [-0.05, 0) is 55.0 Å². The molecule has 2 aromatic rings. The van der Waals surface area contributed by atoms with Gasteiger partial charge >= 0.3 is 7.12 Å². The fourth-order valence-corrected chi connectivity index (χ4v) is 11.2. The van der Waals surface area contributed by atoms with Crippen LogP contribution in [0.15, 0.2) is 72.7 Å². The average Bonchev–Trinajstić information content (AvgIpc) is 3.21. The number of hydrogen-bond donors (Lipinski definition) is 0. The smallest absolute Gasteiger partial charge is 0.402 e. The third-order valence-corrected chi connectivity index (χ3v) is 14.0. The van der Waals surface area contributed by atoms with Gasteiger partial charge in [0.1, 0.15) is 0 Å². The SMILES string of the molecule is C=C(B1O[C@H]2C[C@H]3C[C@H](C3(C)C)[C@@]2(C)O1)[C@@H]([C@H](C)OCc1ccccc1)[Si](C)(C)c1ccccc1. The lowest BCUT2D eigenvalue weighted by atomic mass is 9.43. The third kappa shape index (κ3) is 4.19. The predicted octanol–water partition coefficient (Wildman–Crippen LogP) is 6.40. The Labute approximate surface area is 213 Å². The van der Waals surface area contributed by atoms with Crippen molar-refractivity contribution in [2.75, 3.05) is 0 Å². The van der Waals surface area contributed by atoms with Crippen LogP contribution in [-0.4, -0.2) is 33.0 Å². The molecule has 3 saturated carbocycles. The number of ether oxygens (including phenoxy) is 1. The normalized spacial score (nSPS) is 30.8. The van der Waals surface area contributed by atoms with E-state index in [1.54, 1.807) is 0 Å². The summed E-state index contributed by atoms with van der Waals surface area (Å²) in [7, 11) is -2.41. The molecule has 1 aliphatic heterocycles. The molecule has 2 bridgehead atoms. The van der Waals surface area contributed by atoms with Crippen molar-refractivity contribution in [1.82, 2.24) is 0 Å². The Morgan fingerprint density at radius 3 is 2.31 bits per heavy atom. The highest BCUT2D eigenvalue weighted by atomic mass is 28.3. The van der Waals surface area contributed by atoms with Crippen molar-refractivity contribution < 1.29 is 14.0 Å². The van der Waals surface area contributed by atoms with Gasteiger partial charge in [-0.1, -0.05) is 92.8 Å². The summed E-state index contributed by atoms with van der Waals surface area (Å²) in [5.41, 5.74) is 2.50. The number of hydrogen-bond acceptors (Lipinski definition) is 3. The molecule has 6 rings (SSSR count). The first-order chi connectivity index (χ1) is 16.5. The van der Waals surface area contributed by atoms with Crippen LogP contribution >= 0.6 is 0 Å². The highest BCUT2D eigenvalue weighted by Gasteiger charge is 2.68. The summed E-state index contributed by atoms with van der Waals surface area (Å²) >= 11 is 0. The summed E-state index contributed by atoms with van der Waals surface area (Å²) < 4.78 is 20.1. The van der Waals surface area contributed by atoms with Crippen molar-refractivity contribution >= 4 is 20.4 Å². The molecule has 0 aromatic heterocycles. The van der Waals surface area contributed by atoms with Gasteiger partial charge in [-0.15, -0.1) is 6.58 Å². The van der Waals surface area contributed by atoms with Gasteiger partial charge in [0.05, 0.1) is 32.5 Å². The predicted molar refractivity (Wildman–Crippen MR) is 147 cm³/mol. The Hall–Kier alpha value is -1.66. The van der Waals surface area contributed by atoms with E-state index in [4.69, 9.17) is 14.0 Å². The van der Waals surface area contributed by atoms with Gasteiger partial charge in [-0.3, -0.25) is 0 Å². The van der Waals surface area contributed by atoms with Gasteiger partial charge in [0.25, 0.3) is 0 Å². The van der Waals surface area contributed by atoms with Gasteiger partial charge in [0.2, 0.25) is 0 Å². The first kappa shape index (κ1) is 25.0. The zero-order valence-corrected chi connectivity index (χ0v) is 23.3. The summed E-state index contributed by atoms with van der Waals surface area (Å²) in [5, 5.41) is 1.41. The first-order valence-corrected chi connectivity index (χ1v) is 16.4. The Morgan fingerprint density at radius 2 is 1.69 bits per heavy atom. The van der Waals surface area contributed by atoms with Crippen molar-refractivity contribution in [3.8, 4) is 0 Å². The summed E-state index contributed by atoms with van der Waals surface area (Å²) in [5.74, 6) is 1.28. The van der Waals surface area contributed by atoms with E-state index in [9.17, 15) is 0 Å². The van der Waals surface area contributed by atoms with E-state index in [-0.39, 0.29) is 30.5 Å². The molecular weight excluding hydrogens is 447 g/mol. The lowest BCUT2D eigenvalue weighted by Crippen LogP contribution is -2.65. The minimum atomic E-state index is -2.03. The van der Waals surface area contributed by atoms with E-state index in [1.165, 1.54) is 17.2 Å². The Morgan fingerprint density at radius 1 is 1.06 bits per heavy atom. The van der Waals surface area contributed by atoms with Crippen molar-refractivity contribution in [3.05, 3.63) is 78.3 Å². The van der Waals surface area contributed by atoms with Gasteiger partial charge in [0, 0.05) is 5.54 Å². The number of rotatable bonds is 8. The third-order valence-electron chi connectivity index (χ3n) is 9.77. The molecule has 0 radical (unpaired) electrons. The van der Waals surface area contributed by atoms with E-state index in [1.807, 2.05) is 6.07 Å². The van der Waals surface area contributed by atoms with Crippen LogP contribution in [0.25, 0.3) is 0 Å². The fourth-order valence-electron chi connectivity index (χ4n) is 7.47. The molecule has 186 valence electrons. The summed E-state index contributed by atoms with van der Waals surface area (Å²) in [6.45, 7) is 19.5. The second-order valence-electron chi connectivity index (χ2n) is 12.4. The highest BCUT2D eigenvalue weighted by Crippen LogP contribution is 2.66. The quantitative estimate of drug-likeness (QED) is 0.403. The van der Waals surface area contributed by atoms with E-state index in [0.717, 1.165) is 17.8 Å². The van der Waals surface area contributed by atoms with Gasteiger partial charge in [-0.2, -0.15) is 0 Å². The van der Waals surface area contributed by atoms with E-state index in [2.05, 4.69) is 102 Å². The Kier molecular flexibility index (Phi) is 6.45. The van der Waals surface area contributed by atoms with Crippen LogP contribution in [0.2, 0.25) is 18.6 Å². The van der Waals surface area contributed by atoms with Gasteiger partial charge in [0.15, 0.2) is 0 Å². The Bertz CT molecular complexity index is 1060. The topological polar surface area (TPSA) is 27.7 Å². The first-order valence-electron chi connectivity index (χ1n) is 13.3. The maximum Gasteiger partial charge on any atom is 0.489 e. The monoisotopic (exact) mass is 488 g/mol. The van der Waals surface area contributed by atoms with Crippen molar-refractivity contribution in [2.45, 2.75) is 83.6 Å². The molecule has 6 atom stereocenters. The average molecular weight is 489 g/mol. The standard InChI is InChI=1S/C30H41BO3Si/c1-21(31-33-27-19-24-18-26(29(24,3)4)30(27,5)34-31)28(35(6,7)25-16-12-9-13-17-25)22(2)32-20-23-14-10-8-11-15-23/h8-17,22,24,26-28H,1,18-20H2,2-7H3/t22-,24+,26+,27-,28-,30+/m0/s1. The van der Waals surface area contributed by atoms with Gasteiger partial charge < -0.3 is 14.0 Å². The maximum absolute atomic E-state index is 6.87. The highest BCUT2D eigenvalue weighted by molar-refractivity contribution is 6.92. The fraction of sp³-hybridized carbons (Fsp3) is 0.533. The number of benzene rings is 2. The molecule has 4 fully saturated rings. The minimum absolute atomic E-state index is 0.00247. The molecule has 1 saturated heterocycles. The zero-order chi connectivity index (χ0) is 25.0. The molecule has 0 unspecified atom stereocenters. The van der Waals surface area contributed by atoms with Crippen LogP contribution in [0.3, 0.4) is 0 Å². The van der Waals surface area contributed by atoms with Crippen LogP contribution in [0, 0.1) is 17.3 Å². The molecule has 4 aliphatic rings. The molecule has 3 nitrogen and oxygen atoms in total. The lowest BCUT2D eigenvalue weighted by molar-refractivity contribution is -0.199. The lowest BCUT2D eigenvalue weighted by Gasteiger charge is -2.64. The molecule has 2 aromatic carbocycles. The molecular formula is C30H41BO3Si.